The second-order valence-electron chi connectivity index (χ2n) is 3.82. The van der Waals surface area contributed by atoms with Crippen molar-refractivity contribution >= 4 is 0 Å². The first-order chi connectivity index (χ1) is 7.79. The largest absolute Gasteiger partial charge is 1.00 e. The van der Waals surface area contributed by atoms with Gasteiger partial charge in [0.2, 0.25) is 5.82 Å². The first kappa shape index (κ1) is 14.0. The molecule has 92 valence electrons. The Morgan fingerprint density at radius 2 is 2.24 bits per heavy atom. The molecule has 17 heavy (non-hydrogen) atoms. The van der Waals surface area contributed by atoms with E-state index in [0.717, 1.165) is 24.9 Å². The SMILES string of the molecule is CCCCn1nnc(-c2ccc[n+](C)c2)n1.[I-]. The Hall–Kier alpha value is -1.05. The molecule has 0 unspecified atom stereocenters. The monoisotopic (exact) mass is 345 g/mol. The van der Waals surface area contributed by atoms with Gasteiger partial charge in [0.05, 0.1) is 12.1 Å². The molecule has 0 radical (unpaired) electrons. The quantitative estimate of drug-likeness (QED) is 0.474. The summed E-state index contributed by atoms with van der Waals surface area (Å²) in [4.78, 5) is 1.66. The maximum absolute atomic E-state index is 4.34. The Balaban J connectivity index is 0.00000144. The second-order valence-corrected chi connectivity index (χ2v) is 3.82. The summed E-state index contributed by atoms with van der Waals surface area (Å²) in [5, 5.41) is 12.4. The summed E-state index contributed by atoms with van der Waals surface area (Å²) in [6, 6.07) is 3.96. The number of rotatable bonds is 4. The van der Waals surface area contributed by atoms with Crippen molar-refractivity contribution in [2.45, 2.75) is 26.3 Å². The number of aryl methyl sites for hydroxylation is 2. The van der Waals surface area contributed by atoms with E-state index in [1.165, 1.54) is 0 Å². The number of tetrazole rings is 1. The predicted molar refractivity (Wildman–Crippen MR) is 59.3 cm³/mol. The molecule has 6 heteroatoms. The molecular weight excluding hydrogens is 329 g/mol. The van der Waals surface area contributed by atoms with Gasteiger partial charge in [0.1, 0.15) is 7.05 Å². The maximum Gasteiger partial charge on any atom is 0.210 e. The molecule has 0 spiro atoms. The highest BCUT2D eigenvalue weighted by molar-refractivity contribution is 5.50. The van der Waals surface area contributed by atoms with Crippen LogP contribution >= 0.6 is 0 Å². The van der Waals surface area contributed by atoms with Crippen molar-refractivity contribution in [3.05, 3.63) is 24.5 Å². The molecule has 0 atom stereocenters. The zero-order valence-corrected chi connectivity index (χ0v) is 12.2. The van der Waals surface area contributed by atoms with Crippen LogP contribution in [-0.2, 0) is 13.6 Å². The van der Waals surface area contributed by atoms with Gasteiger partial charge in [-0.15, -0.1) is 10.2 Å². The molecule has 0 saturated carbocycles. The Kier molecular flexibility index (Phi) is 5.46. The fourth-order valence-corrected chi connectivity index (χ4v) is 1.47. The molecule has 0 aliphatic heterocycles. The Bertz CT molecular complexity index is 468. The third kappa shape index (κ3) is 3.72. The van der Waals surface area contributed by atoms with E-state index in [1.807, 2.05) is 36.1 Å². The number of hydrogen-bond acceptors (Lipinski definition) is 3. The fourth-order valence-electron chi connectivity index (χ4n) is 1.47. The van der Waals surface area contributed by atoms with E-state index in [2.05, 4.69) is 22.3 Å². The fraction of sp³-hybridized carbons (Fsp3) is 0.455. The number of hydrogen-bond donors (Lipinski definition) is 0. The summed E-state index contributed by atoms with van der Waals surface area (Å²) in [6.45, 7) is 2.98. The van der Waals surface area contributed by atoms with E-state index in [4.69, 9.17) is 0 Å². The summed E-state index contributed by atoms with van der Waals surface area (Å²) < 4.78 is 1.97. The third-order valence-electron chi connectivity index (χ3n) is 2.36. The first-order valence-electron chi connectivity index (χ1n) is 5.53. The Morgan fingerprint density at radius 3 is 2.94 bits per heavy atom. The average Bonchev–Trinajstić information content (AvgIpc) is 2.75. The zero-order chi connectivity index (χ0) is 11.4. The highest BCUT2D eigenvalue weighted by Gasteiger charge is 2.08. The molecule has 0 aliphatic rings. The number of pyridine rings is 1. The van der Waals surface area contributed by atoms with Gasteiger partial charge in [-0.2, -0.15) is 4.80 Å². The number of halogens is 1. The lowest BCUT2D eigenvalue weighted by atomic mass is 10.3. The van der Waals surface area contributed by atoms with Crippen molar-refractivity contribution in [2.75, 3.05) is 0 Å². The van der Waals surface area contributed by atoms with E-state index in [0.29, 0.717) is 5.82 Å². The molecule has 2 rings (SSSR count). The van der Waals surface area contributed by atoms with E-state index < -0.39 is 0 Å². The van der Waals surface area contributed by atoms with E-state index in [9.17, 15) is 0 Å². The molecule has 0 bridgehead atoms. The van der Waals surface area contributed by atoms with Crippen molar-refractivity contribution in [2.24, 2.45) is 7.05 Å². The molecule has 2 aromatic heterocycles. The van der Waals surface area contributed by atoms with Crippen LogP contribution in [0.15, 0.2) is 24.5 Å². The lowest BCUT2D eigenvalue weighted by molar-refractivity contribution is -0.671. The summed E-state index contributed by atoms with van der Waals surface area (Å²) in [7, 11) is 1.98. The molecule has 0 amide bonds. The molecule has 2 aromatic rings. The predicted octanol–water partition coefficient (Wildman–Crippen LogP) is -2.03. The maximum atomic E-state index is 4.34. The molecule has 0 aliphatic carbocycles. The molecule has 0 fully saturated rings. The second kappa shape index (κ2) is 6.63. The first-order valence-corrected chi connectivity index (χ1v) is 5.53. The minimum atomic E-state index is 0. The van der Waals surface area contributed by atoms with E-state index in [1.54, 1.807) is 4.80 Å². The van der Waals surface area contributed by atoms with Crippen LogP contribution in [-0.4, -0.2) is 20.2 Å². The number of aromatic nitrogens is 5. The zero-order valence-electron chi connectivity index (χ0n) is 10.0. The average molecular weight is 345 g/mol. The van der Waals surface area contributed by atoms with Gasteiger partial charge in [-0.05, 0) is 17.7 Å². The highest BCUT2D eigenvalue weighted by Crippen LogP contribution is 2.09. The summed E-state index contributed by atoms with van der Waals surface area (Å²) in [5.74, 6) is 0.687. The number of unbranched alkanes of at least 4 members (excludes halogenated alkanes) is 1. The van der Waals surface area contributed by atoms with Crippen LogP contribution in [0.25, 0.3) is 11.4 Å². The molecule has 0 N–H and O–H groups in total. The topological polar surface area (TPSA) is 47.5 Å². The van der Waals surface area contributed by atoms with Gasteiger partial charge in [0.25, 0.3) is 0 Å². The van der Waals surface area contributed by atoms with Crippen LogP contribution in [0.5, 0.6) is 0 Å². The van der Waals surface area contributed by atoms with Crippen LogP contribution in [0.3, 0.4) is 0 Å². The van der Waals surface area contributed by atoms with Gasteiger partial charge < -0.3 is 24.0 Å². The van der Waals surface area contributed by atoms with Gasteiger partial charge in [0.15, 0.2) is 12.4 Å². The molecule has 2 heterocycles. The Labute approximate surface area is 118 Å². The third-order valence-corrected chi connectivity index (χ3v) is 2.36. The van der Waals surface area contributed by atoms with Gasteiger partial charge >= 0.3 is 0 Å². The molecular formula is C11H16IN5. The van der Waals surface area contributed by atoms with Crippen molar-refractivity contribution < 1.29 is 28.5 Å². The van der Waals surface area contributed by atoms with Crippen LogP contribution in [0, 0.1) is 0 Å². The van der Waals surface area contributed by atoms with Crippen molar-refractivity contribution in [1.82, 2.24) is 20.2 Å². The van der Waals surface area contributed by atoms with Crippen molar-refractivity contribution in [1.29, 1.82) is 0 Å². The summed E-state index contributed by atoms with van der Waals surface area (Å²) in [5.41, 5.74) is 0.993. The van der Waals surface area contributed by atoms with Gasteiger partial charge in [-0.3, -0.25) is 0 Å². The van der Waals surface area contributed by atoms with Crippen LogP contribution in [0.1, 0.15) is 19.8 Å². The number of nitrogens with zero attached hydrogens (tertiary/aromatic N) is 5. The lowest BCUT2D eigenvalue weighted by Crippen LogP contribution is -3.00. The highest BCUT2D eigenvalue weighted by atomic mass is 127. The molecule has 0 aromatic carbocycles. The van der Waals surface area contributed by atoms with Crippen LogP contribution in [0.2, 0.25) is 0 Å². The Morgan fingerprint density at radius 1 is 1.41 bits per heavy atom. The minimum Gasteiger partial charge on any atom is -1.00 e. The normalized spacial score (nSPS) is 10.0. The lowest BCUT2D eigenvalue weighted by Gasteiger charge is -1.94. The van der Waals surface area contributed by atoms with E-state index in [-0.39, 0.29) is 24.0 Å². The summed E-state index contributed by atoms with van der Waals surface area (Å²) in [6.07, 6.45) is 6.18. The van der Waals surface area contributed by atoms with Crippen molar-refractivity contribution in [3.8, 4) is 11.4 Å². The minimum absolute atomic E-state index is 0. The summed E-state index contributed by atoms with van der Waals surface area (Å²) >= 11 is 0. The standard InChI is InChI=1S/C11H16N5.HI/c1-3-4-8-16-13-11(12-14-16)10-6-5-7-15(2)9-10;/h5-7,9H,3-4,8H2,1-2H3;1H/q+1;/p-1. The van der Waals surface area contributed by atoms with Gasteiger partial charge in [-0.1, -0.05) is 13.3 Å². The van der Waals surface area contributed by atoms with Crippen LogP contribution in [0.4, 0.5) is 0 Å². The van der Waals surface area contributed by atoms with Crippen molar-refractivity contribution in [3.63, 3.8) is 0 Å². The van der Waals surface area contributed by atoms with Crippen LogP contribution < -0.4 is 28.5 Å². The van der Waals surface area contributed by atoms with Gasteiger partial charge in [0, 0.05) is 6.07 Å². The molecule has 0 saturated heterocycles. The molecule has 5 nitrogen and oxygen atoms in total. The smallest absolute Gasteiger partial charge is 0.210 e. The van der Waals surface area contributed by atoms with E-state index >= 15 is 0 Å². The van der Waals surface area contributed by atoms with Gasteiger partial charge in [-0.25, -0.2) is 4.57 Å².